The molecule has 23 heavy (non-hydrogen) atoms. The van der Waals surface area contributed by atoms with Crippen LogP contribution in [0, 0.1) is 11.3 Å². The number of carbonyl (C=O) groups is 2. The molecule has 0 atom stereocenters. The van der Waals surface area contributed by atoms with Crippen LogP contribution in [0.25, 0.3) is 6.08 Å². The summed E-state index contributed by atoms with van der Waals surface area (Å²) in [5.74, 6) is -1.60. The van der Waals surface area contributed by atoms with Gasteiger partial charge in [0.15, 0.2) is 0 Å². The number of hydrogen-bond acceptors (Lipinski definition) is 3. The van der Waals surface area contributed by atoms with E-state index in [9.17, 15) is 9.59 Å². The number of aromatic carboxylic acids is 1. The number of rotatable bonds is 4. The van der Waals surface area contributed by atoms with Crippen molar-refractivity contribution in [1.29, 1.82) is 5.26 Å². The highest BCUT2D eigenvalue weighted by Gasteiger charge is 2.10. The number of hydrogen-bond donors (Lipinski definition) is 2. The number of nitrogens with one attached hydrogen (secondary N) is 1. The molecule has 0 aromatic heterocycles. The SMILES string of the molecule is N#CC(=Cc1ccc(C(=O)O)cc1)C(=O)Nc1ccc(Cl)cc1. The number of nitriles is 1. The molecule has 0 aliphatic heterocycles. The van der Waals surface area contributed by atoms with E-state index in [2.05, 4.69) is 5.32 Å². The number of halogens is 1. The minimum atomic E-state index is -1.04. The summed E-state index contributed by atoms with van der Waals surface area (Å²) in [4.78, 5) is 22.9. The maximum atomic E-state index is 12.1. The molecule has 0 heterocycles. The highest BCUT2D eigenvalue weighted by molar-refractivity contribution is 6.30. The van der Waals surface area contributed by atoms with E-state index in [0.717, 1.165) is 0 Å². The molecule has 0 spiro atoms. The fourth-order valence-corrected chi connectivity index (χ4v) is 1.89. The first kappa shape index (κ1) is 16.3. The molecule has 0 saturated heterocycles. The highest BCUT2D eigenvalue weighted by Crippen LogP contribution is 2.15. The molecule has 0 bridgehead atoms. The van der Waals surface area contributed by atoms with Gasteiger partial charge in [0.05, 0.1) is 5.56 Å². The van der Waals surface area contributed by atoms with Crippen LogP contribution in [0.3, 0.4) is 0 Å². The zero-order valence-electron chi connectivity index (χ0n) is 11.8. The van der Waals surface area contributed by atoms with Gasteiger partial charge in [-0.1, -0.05) is 23.7 Å². The van der Waals surface area contributed by atoms with Gasteiger partial charge in [0.1, 0.15) is 11.6 Å². The van der Waals surface area contributed by atoms with Crippen molar-refractivity contribution in [2.24, 2.45) is 0 Å². The third-order valence-electron chi connectivity index (χ3n) is 2.94. The Kier molecular flexibility index (Phi) is 5.13. The van der Waals surface area contributed by atoms with Gasteiger partial charge in [-0.2, -0.15) is 5.26 Å². The van der Waals surface area contributed by atoms with Crippen molar-refractivity contribution in [3.8, 4) is 6.07 Å². The number of amides is 1. The average molecular weight is 327 g/mol. The number of carboxylic acids is 1. The molecule has 2 aromatic rings. The van der Waals surface area contributed by atoms with Crippen molar-refractivity contribution >= 4 is 35.2 Å². The molecule has 2 N–H and O–H groups in total. The van der Waals surface area contributed by atoms with Crippen LogP contribution < -0.4 is 5.32 Å². The lowest BCUT2D eigenvalue weighted by atomic mass is 10.1. The van der Waals surface area contributed by atoms with Crippen molar-refractivity contribution in [3.63, 3.8) is 0 Å². The maximum absolute atomic E-state index is 12.1. The molecule has 0 aliphatic carbocycles. The Balaban J connectivity index is 2.17. The average Bonchev–Trinajstić information content (AvgIpc) is 2.55. The topological polar surface area (TPSA) is 90.2 Å². The summed E-state index contributed by atoms with van der Waals surface area (Å²) in [7, 11) is 0. The molecule has 1 amide bonds. The van der Waals surface area contributed by atoms with Crippen LogP contribution in [-0.2, 0) is 4.79 Å². The molecule has 114 valence electrons. The lowest BCUT2D eigenvalue weighted by Crippen LogP contribution is -2.13. The predicted octanol–water partition coefficient (Wildman–Crippen LogP) is 3.58. The normalized spacial score (nSPS) is 10.7. The lowest BCUT2D eigenvalue weighted by Gasteiger charge is -2.04. The molecule has 0 radical (unpaired) electrons. The van der Waals surface area contributed by atoms with E-state index in [0.29, 0.717) is 16.3 Å². The van der Waals surface area contributed by atoms with Gasteiger partial charge < -0.3 is 10.4 Å². The Morgan fingerprint density at radius 1 is 1.09 bits per heavy atom. The van der Waals surface area contributed by atoms with Crippen molar-refractivity contribution in [1.82, 2.24) is 0 Å². The van der Waals surface area contributed by atoms with Crippen molar-refractivity contribution in [2.75, 3.05) is 5.32 Å². The van der Waals surface area contributed by atoms with Gasteiger partial charge in [0, 0.05) is 10.7 Å². The third-order valence-corrected chi connectivity index (χ3v) is 3.19. The molecule has 2 aromatic carbocycles. The Hall–Kier alpha value is -3.10. The molecular weight excluding hydrogens is 316 g/mol. The second-order valence-corrected chi connectivity index (χ2v) is 4.99. The van der Waals surface area contributed by atoms with Crippen LogP contribution in [0.4, 0.5) is 5.69 Å². The summed E-state index contributed by atoms with van der Waals surface area (Å²) in [6, 6.07) is 14.2. The number of carbonyl (C=O) groups excluding carboxylic acids is 1. The Morgan fingerprint density at radius 2 is 1.70 bits per heavy atom. The largest absolute Gasteiger partial charge is 0.478 e. The summed E-state index contributed by atoms with van der Waals surface area (Å²) in [6.45, 7) is 0. The van der Waals surface area contributed by atoms with Gasteiger partial charge in [0.2, 0.25) is 0 Å². The van der Waals surface area contributed by atoms with Crippen molar-refractivity contribution in [2.45, 2.75) is 0 Å². The van der Waals surface area contributed by atoms with Crippen LogP contribution in [0.1, 0.15) is 15.9 Å². The van der Waals surface area contributed by atoms with E-state index in [-0.39, 0.29) is 11.1 Å². The van der Waals surface area contributed by atoms with Crippen LogP contribution in [0.5, 0.6) is 0 Å². The third kappa shape index (κ3) is 4.43. The number of benzene rings is 2. The zero-order chi connectivity index (χ0) is 16.8. The van der Waals surface area contributed by atoms with Gasteiger partial charge >= 0.3 is 5.97 Å². The first-order valence-electron chi connectivity index (χ1n) is 6.51. The zero-order valence-corrected chi connectivity index (χ0v) is 12.5. The quantitative estimate of drug-likeness (QED) is 0.663. The Labute approximate surface area is 137 Å². The molecule has 0 saturated carbocycles. The smallest absolute Gasteiger partial charge is 0.335 e. The number of nitrogens with zero attached hydrogens (tertiary/aromatic N) is 1. The fraction of sp³-hybridized carbons (Fsp3) is 0. The van der Waals surface area contributed by atoms with Gasteiger partial charge in [-0.15, -0.1) is 0 Å². The van der Waals surface area contributed by atoms with Crippen LogP contribution >= 0.6 is 11.6 Å². The second kappa shape index (κ2) is 7.25. The number of anilines is 1. The van der Waals surface area contributed by atoms with Gasteiger partial charge in [-0.25, -0.2) is 4.79 Å². The molecule has 0 fully saturated rings. The first-order chi connectivity index (χ1) is 11.0. The van der Waals surface area contributed by atoms with E-state index in [4.69, 9.17) is 22.0 Å². The van der Waals surface area contributed by atoms with E-state index in [1.807, 2.05) is 6.07 Å². The lowest BCUT2D eigenvalue weighted by molar-refractivity contribution is -0.112. The van der Waals surface area contributed by atoms with E-state index in [1.54, 1.807) is 24.3 Å². The molecule has 0 aliphatic rings. The van der Waals surface area contributed by atoms with Gasteiger partial charge in [0.25, 0.3) is 5.91 Å². The van der Waals surface area contributed by atoms with Crippen LogP contribution in [0.15, 0.2) is 54.1 Å². The predicted molar refractivity (Wildman–Crippen MR) is 87.1 cm³/mol. The fourth-order valence-electron chi connectivity index (χ4n) is 1.77. The standard InChI is InChI=1S/C17H11ClN2O3/c18-14-5-7-15(8-6-14)20-16(21)13(10-19)9-11-1-3-12(4-2-11)17(22)23/h1-9H,(H,20,21)(H,22,23). The highest BCUT2D eigenvalue weighted by atomic mass is 35.5. The first-order valence-corrected chi connectivity index (χ1v) is 6.89. The maximum Gasteiger partial charge on any atom is 0.335 e. The second-order valence-electron chi connectivity index (χ2n) is 4.56. The summed E-state index contributed by atoms with van der Waals surface area (Å²) in [5.41, 5.74) is 1.11. The molecular formula is C17H11ClN2O3. The van der Waals surface area contributed by atoms with Crippen molar-refractivity contribution in [3.05, 3.63) is 70.3 Å². The van der Waals surface area contributed by atoms with Gasteiger partial charge in [-0.3, -0.25) is 4.79 Å². The van der Waals surface area contributed by atoms with Gasteiger partial charge in [-0.05, 0) is 48.0 Å². The Bertz CT molecular complexity index is 803. The van der Waals surface area contributed by atoms with Crippen LogP contribution in [-0.4, -0.2) is 17.0 Å². The monoisotopic (exact) mass is 326 g/mol. The summed E-state index contributed by atoms with van der Waals surface area (Å²) in [6.07, 6.45) is 1.39. The van der Waals surface area contributed by atoms with Crippen molar-refractivity contribution < 1.29 is 14.7 Å². The Morgan fingerprint density at radius 3 is 2.22 bits per heavy atom. The summed E-state index contributed by atoms with van der Waals surface area (Å²) in [5, 5.41) is 21.1. The molecule has 2 rings (SSSR count). The van der Waals surface area contributed by atoms with E-state index in [1.165, 1.54) is 30.3 Å². The molecule has 5 nitrogen and oxygen atoms in total. The minimum absolute atomic E-state index is 0.0944. The van der Waals surface area contributed by atoms with E-state index >= 15 is 0 Å². The molecule has 0 unspecified atom stereocenters. The summed E-state index contributed by atoms with van der Waals surface area (Å²) < 4.78 is 0. The van der Waals surface area contributed by atoms with E-state index < -0.39 is 11.9 Å². The minimum Gasteiger partial charge on any atom is -0.478 e. The summed E-state index contributed by atoms with van der Waals surface area (Å²) >= 11 is 5.76. The number of carboxylic acid groups (broad SMARTS) is 1. The molecule has 6 heteroatoms. The van der Waals surface area contributed by atoms with Crippen LogP contribution in [0.2, 0.25) is 5.02 Å².